The third kappa shape index (κ3) is 3.58. The highest BCUT2D eigenvalue weighted by Gasteiger charge is 2.05. The van der Waals surface area contributed by atoms with Crippen LogP contribution in [0.1, 0.15) is 12.0 Å². The van der Waals surface area contributed by atoms with E-state index in [1.54, 1.807) is 12.1 Å². The molecule has 1 rings (SSSR count). The molecule has 1 aromatic carbocycles. The summed E-state index contributed by atoms with van der Waals surface area (Å²) in [6.07, 6.45) is 0.115. The summed E-state index contributed by atoms with van der Waals surface area (Å²) in [5.41, 5.74) is 0.907. The molecule has 0 radical (unpaired) electrons. The summed E-state index contributed by atoms with van der Waals surface area (Å²) < 4.78 is 22.7. The molecule has 0 spiro atoms. The molecule has 0 saturated carbocycles. The molecule has 0 heterocycles. The third-order valence-corrected chi connectivity index (χ3v) is 1.88. The predicted molar refractivity (Wildman–Crippen MR) is 53.3 cm³/mol. The number of hydrogen-bond donors (Lipinski definition) is 0. The Morgan fingerprint density at radius 1 is 1.47 bits per heavy atom. The monoisotopic (exact) mass is 212 g/mol. The molecular formula is C11H13FO3. The lowest BCUT2D eigenvalue weighted by Crippen LogP contribution is -2.08. The number of benzene rings is 1. The molecule has 0 aliphatic carbocycles. The van der Waals surface area contributed by atoms with Crippen LogP contribution in [0.5, 0.6) is 5.75 Å². The smallest absolute Gasteiger partial charge is 0.308 e. The molecule has 0 aromatic heterocycles. The zero-order valence-electron chi connectivity index (χ0n) is 8.75. The number of halogens is 1. The number of carbonyl (C=O) groups excluding carboxylic acids is 1. The fraction of sp³-hybridized carbons (Fsp3) is 0.364. The Bertz CT molecular complexity index is 350. The van der Waals surface area contributed by atoms with Crippen molar-refractivity contribution in [1.29, 1.82) is 0 Å². The van der Waals surface area contributed by atoms with Crippen LogP contribution >= 0.6 is 0 Å². The van der Waals surface area contributed by atoms with Crippen LogP contribution in [0.4, 0.5) is 4.39 Å². The van der Waals surface area contributed by atoms with E-state index in [0.29, 0.717) is 0 Å². The van der Waals surface area contributed by atoms with E-state index >= 15 is 0 Å². The van der Waals surface area contributed by atoms with Crippen LogP contribution in [0.15, 0.2) is 18.2 Å². The van der Waals surface area contributed by atoms with E-state index in [9.17, 15) is 9.18 Å². The van der Waals surface area contributed by atoms with Gasteiger partial charge in [0.15, 0.2) is 11.6 Å². The van der Waals surface area contributed by atoms with E-state index in [-0.39, 0.29) is 24.7 Å². The van der Waals surface area contributed by atoms with E-state index in [1.807, 2.05) is 6.92 Å². The molecule has 82 valence electrons. The van der Waals surface area contributed by atoms with Crippen LogP contribution in [-0.4, -0.2) is 19.7 Å². The molecule has 3 nitrogen and oxygen atoms in total. The van der Waals surface area contributed by atoms with Gasteiger partial charge in [0.05, 0.1) is 20.1 Å². The molecule has 0 N–H and O–H groups in total. The van der Waals surface area contributed by atoms with Crippen molar-refractivity contribution in [2.24, 2.45) is 0 Å². The van der Waals surface area contributed by atoms with Gasteiger partial charge in [-0.3, -0.25) is 4.79 Å². The molecule has 0 bridgehead atoms. The quantitative estimate of drug-likeness (QED) is 0.717. The van der Waals surface area contributed by atoms with E-state index < -0.39 is 5.82 Å². The number of hydrogen-bond acceptors (Lipinski definition) is 3. The predicted octanol–water partition coefficient (Wildman–Crippen LogP) is 2.08. The third-order valence-electron chi connectivity index (χ3n) is 1.88. The van der Waals surface area contributed by atoms with Gasteiger partial charge in [0, 0.05) is 0 Å². The van der Waals surface area contributed by atoms with Gasteiger partial charge >= 0.3 is 5.97 Å². The number of ether oxygens (including phenoxy) is 2. The Kier molecular flexibility index (Phi) is 4.09. The molecule has 0 aliphatic rings. The Hall–Kier alpha value is -1.58. The van der Waals surface area contributed by atoms with Gasteiger partial charge in [-0.2, -0.15) is 0 Å². The molecular weight excluding hydrogens is 199 g/mol. The topological polar surface area (TPSA) is 35.5 Å². The molecule has 0 amide bonds. The summed E-state index contributed by atoms with van der Waals surface area (Å²) in [5.74, 6) is -0.632. The maximum absolute atomic E-state index is 13.1. The second-order valence-electron chi connectivity index (χ2n) is 3.11. The van der Waals surface area contributed by atoms with Crippen LogP contribution in [0.25, 0.3) is 0 Å². The summed E-state index contributed by atoms with van der Waals surface area (Å²) in [4.78, 5) is 10.8. The molecule has 0 fully saturated rings. The van der Waals surface area contributed by atoms with Crippen molar-refractivity contribution in [1.82, 2.24) is 0 Å². The lowest BCUT2D eigenvalue weighted by molar-refractivity contribution is -0.141. The Morgan fingerprint density at radius 2 is 2.20 bits per heavy atom. The van der Waals surface area contributed by atoms with Gasteiger partial charge < -0.3 is 9.47 Å². The molecule has 1 aromatic rings. The first-order valence-electron chi connectivity index (χ1n) is 4.59. The molecule has 0 aliphatic heterocycles. The summed E-state index contributed by atoms with van der Waals surface area (Å²) in [5, 5.41) is 0. The highest BCUT2D eigenvalue weighted by Crippen LogP contribution is 2.18. The minimum Gasteiger partial charge on any atom is -0.490 e. The van der Waals surface area contributed by atoms with Crippen LogP contribution in [0, 0.1) is 12.7 Å². The maximum atomic E-state index is 13.1. The number of esters is 1. The van der Waals surface area contributed by atoms with Crippen molar-refractivity contribution in [3.63, 3.8) is 0 Å². The molecule has 0 atom stereocenters. The average molecular weight is 212 g/mol. The van der Waals surface area contributed by atoms with Crippen molar-refractivity contribution < 1.29 is 18.7 Å². The zero-order valence-corrected chi connectivity index (χ0v) is 8.75. The number of carbonyl (C=O) groups is 1. The normalized spacial score (nSPS) is 9.80. The molecule has 0 saturated heterocycles. The summed E-state index contributed by atoms with van der Waals surface area (Å²) in [7, 11) is 1.30. The van der Waals surface area contributed by atoms with Gasteiger partial charge in [-0.25, -0.2) is 4.39 Å². The maximum Gasteiger partial charge on any atom is 0.308 e. The first-order chi connectivity index (χ1) is 7.13. The van der Waals surface area contributed by atoms with E-state index in [0.717, 1.165) is 5.56 Å². The largest absolute Gasteiger partial charge is 0.490 e. The summed E-state index contributed by atoms with van der Waals surface area (Å²) >= 11 is 0. The summed E-state index contributed by atoms with van der Waals surface area (Å²) in [6, 6.07) is 4.58. The highest BCUT2D eigenvalue weighted by molar-refractivity contribution is 5.69. The van der Waals surface area contributed by atoms with Crippen LogP contribution < -0.4 is 4.74 Å². The molecule has 4 heteroatoms. The summed E-state index contributed by atoms with van der Waals surface area (Å²) in [6.45, 7) is 1.96. The van der Waals surface area contributed by atoms with E-state index in [4.69, 9.17) is 4.74 Å². The molecule has 15 heavy (non-hydrogen) atoms. The van der Waals surface area contributed by atoms with Gasteiger partial charge in [-0.15, -0.1) is 0 Å². The second kappa shape index (κ2) is 5.34. The first-order valence-corrected chi connectivity index (χ1v) is 4.59. The SMILES string of the molecule is COC(=O)CCOc1cc(C)ccc1F. The van der Waals surface area contributed by atoms with Crippen LogP contribution in [0.2, 0.25) is 0 Å². The van der Waals surface area contributed by atoms with Crippen molar-refractivity contribution >= 4 is 5.97 Å². The minimum atomic E-state index is -0.425. The van der Waals surface area contributed by atoms with Gasteiger partial charge in [-0.05, 0) is 24.6 Å². The van der Waals surface area contributed by atoms with Crippen molar-refractivity contribution in [3.05, 3.63) is 29.6 Å². The fourth-order valence-electron chi connectivity index (χ4n) is 1.07. The second-order valence-corrected chi connectivity index (χ2v) is 3.11. The highest BCUT2D eigenvalue weighted by atomic mass is 19.1. The number of aryl methyl sites for hydroxylation is 1. The Labute approximate surface area is 87.8 Å². The van der Waals surface area contributed by atoms with Gasteiger partial charge in [0.1, 0.15) is 0 Å². The van der Waals surface area contributed by atoms with Gasteiger partial charge in [0.25, 0.3) is 0 Å². The van der Waals surface area contributed by atoms with Crippen LogP contribution in [-0.2, 0) is 9.53 Å². The fourth-order valence-corrected chi connectivity index (χ4v) is 1.07. The minimum absolute atomic E-state index is 0.115. The molecule has 0 unspecified atom stereocenters. The number of methoxy groups -OCH3 is 1. The Morgan fingerprint density at radius 3 is 2.87 bits per heavy atom. The van der Waals surface area contributed by atoms with Gasteiger partial charge in [0.2, 0.25) is 0 Å². The lowest BCUT2D eigenvalue weighted by atomic mass is 10.2. The zero-order chi connectivity index (χ0) is 11.3. The van der Waals surface area contributed by atoms with Crippen LogP contribution in [0.3, 0.4) is 0 Å². The Balaban J connectivity index is 2.50. The number of rotatable bonds is 4. The first kappa shape index (κ1) is 11.5. The van der Waals surface area contributed by atoms with E-state index in [2.05, 4.69) is 4.74 Å². The van der Waals surface area contributed by atoms with Crippen molar-refractivity contribution in [3.8, 4) is 5.75 Å². The van der Waals surface area contributed by atoms with Crippen molar-refractivity contribution in [2.45, 2.75) is 13.3 Å². The van der Waals surface area contributed by atoms with Gasteiger partial charge in [-0.1, -0.05) is 6.07 Å². The standard InChI is InChI=1S/C11H13FO3/c1-8-3-4-9(12)10(7-8)15-6-5-11(13)14-2/h3-4,7H,5-6H2,1-2H3. The average Bonchev–Trinajstić information content (AvgIpc) is 2.23. The van der Waals surface area contributed by atoms with E-state index in [1.165, 1.54) is 13.2 Å². The lowest BCUT2D eigenvalue weighted by Gasteiger charge is -2.06. The van der Waals surface area contributed by atoms with Crippen molar-refractivity contribution in [2.75, 3.05) is 13.7 Å².